The number of benzene rings is 1. The minimum atomic E-state index is -0.0617. The van der Waals surface area contributed by atoms with Gasteiger partial charge < -0.3 is 9.80 Å². The maximum Gasteiger partial charge on any atom is 0.273 e. The standard InChI is InChI=1S/C22H17N5OS2/c1-2-20-25-18(13-29-20)22(28)27-10-8-26(9-11-27)19-7-6-15(12-23-19)16-4-3-5-17-21(16)30-14-24-17/h1,3-7,12-14H,8-11H2. The molecule has 0 saturated carbocycles. The van der Waals surface area contributed by atoms with Gasteiger partial charge in [-0.15, -0.1) is 29.1 Å². The van der Waals surface area contributed by atoms with Gasteiger partial charge in [0.15, 0.2) is 5.01 Å². The van der Waals surface area contributed by atoms with Crippen molar-refractivity contribution in [1.82, 2.24) is 19.9 Å². The minimum Gasteiger partial charge on any atom is -0.353 e. The first-order valence-corrected chi connectivity index (χ1v) is 11.2. The van der Waals surface area contributed by atoms with Gasteiger partial charge in [0.1, 0.15) is 11.5 Å². The number of terminal acetylenes is 1. The number of piperazine rings is 1. The molecule has 0 radical (unpaired) electrons. The molecule has 5 rings (SSSR count). The molecule has 1 aromatic carbocycles. The fourth-order valence-electron chi connectivity index (χ4n) is 3.58. The molecule has 6 nitrogen and oxygen atoms in total. The number of fused-ring (bicyclic) bond motifs is 1. The molecule has 1 fully saturated rings. The van der Waals surface area contributed by atoms with Gasteiger partial charge in [-0.1, -0.05) is 12.1 Å². The Kier molecular flexibility index (Phi) is 4.91. The summed E-state index contributed by atoms with van der Waals surface area (Å²) in [7, 11) is 0. The Morgan fingerprint density at radius 3 is 2.67 bits per heavy atom. The van der Waals surface area contributed by atoms with E-state index in [1.54, 1.807) is 16.7 Å². The highest BCUT2D eigenvalue weighted by molar-refractivity contribution is 7.17. The zero-order chi connectivity index (χ0) is 20.5. The molecule has 1 aliphatic heterocycles. The predicted octanol–water partition coefficient (Wildman–Crippen LogP) is 3.76. The molecule has 148 valence electrons. The smallest absolute Gasteiger partial charge is 0.273 e. The average molecular weight is 432 g/mol. The fourth-order valence-corrected chi connectivity index (χ4v) is 5.01. The highest BCUT2D eigenvalue weighted by atomic mass is 32.1. The number of carbonyl (C=O) groups excluding carboxylic acids is 1. The Labute approximate surface area is 181 Å². The molecule has 1 amide bonds. The Hall–Kier alpha value is -3.28. The van der Waals surface area contributed by atoms with Gasteiger partial charge in [0.05, 0.1) is 15.7 Å². The lowest BCUT2D eigenvalue weighted by atomic mass is 10.1. The van der Waals surface area contributed by atoms with Crippen molar-refractivity contribution in [3.8, 4) is 23.5 Å². The van der Waals surface area contributed by atoms with Crippen molar-refractivity contribution in [2.45, 2.75) is 0 Å². The summed E-state index contributed by atoms with van der Waals surface area (Å²) in [4.78, 5) is 29.9. The predicted molar refractivity (Wildman–Crippen MR) is 121 cm³/mol. The molecule has 4 aromatic rings. The van der Waals surface area contributed by atoms with Crippen molar-refractivity contribution < 1.29 is 4.79 Å². The molecule has 0 bridgehead atoms. The third kappa shape index (κ3) is 3.43. The topological polar surface area (TPSA) is 62.2 Å². The Morgan fingerprint density at radius 2 is 1.93 bits per heavy atom. The van der Waals surface area contributed by atoms with E-state index >= 15 is 0 Å². The van der Waals surface area contributed by atoms with Crippen LogP contribution in [0.25, 0.3) is 21.3 Å². The third-order valence-corrected chi connectivity index (χ3v) is 6.80. The number of aromatic nitrogens is 3. The van der Waals surface area contributed by atoms with Crippen molar-refractivity contribution in [2.75, 3.05) is 31.1 Å². The normalized spacial score (nSPS) is 14.1. The van der Waals surface area contributed by atoms with Crippen LogP contribution in [0.2, 0.25) is 0 Å². The maximum absolute atomic E-state index is 12.6. The number of carbonyl (C=O) groups is 1. The van der Waals surface area contributed by atoms with Crippen LogP contribution in [-0.2, 0) is 0 Å². The molecule has 0 spiro atoms. The monoisotopic (exact) mass is 431 g/mol. The molecule has 1 aliphatic rings. The number of pyridine rings is 1. The van der Waals surface area contributed by atoms with E-state index in [4.69, 9.17) is 6.42 Å². The van der Waals surface area contributed by atoms with Crippen LogP contribution in [0.1, 0.15) is 15.5 Å². The number of thiazole rings is 2. The van der Waals surface area contributed by atoms with E-state index in [2.05, 4.69) is 37.9 Å². The quantitative estimate of drug-likeness (QED) is 0.462. The van der Waals surface area contributed by atoms with E-state index in [9.17, 15) is 4.79 Å². The molecule has 0 atom stereocenters. The second-order valence-corrected chi connectivity index (χ2v) is 8.59. The molecule has 0 unspecified atom stereocenters. The molecule has 30 heavy (non-hydrogen) atoms. The zero-order valence-corrected chi connectivity index (χ0v) is 17.6. The zero-order valence-electron chi connectivity index (χ0n) is 16.0. The molecule has 0 aliphatic carbocycles. The van der Waals surface area contributed by atoms with Crippen LogP contribution in [0, 0.1) is 12.3 Å². The fraction of sp³-hybridized carbons (Fsp3) is 0.182. The summed E-state index contributed by atoms with van der Waals surface area (Å²) >= 11 is 2.96. The number of anilines is 1. The molecule has 4 heterocycles. The van der Waals surface area contributed by atoms with Crippen molar-refractivity contribution >= 4 is 44.6 Å². The molecule has 0 N–H and O–H groups in total. The summed E-state index contributed by atoms with van der Waals surface area (Å²) in [5, 5.41) is 2.27. The second-order valence-electron chi connectivity index (χ2n) is 6.87. The highest BCUT2D eigenvalue weighted by Gasteiger charge is 2.24. The first-order valence-electron chi connectivity index (χ1n) is 9.48. The van der Waals surface area contributed by atoms with E-state index in [0.717, 1.165) is 35.6 Å². The lowest BCUT2D eigenvalue weighted by Crippen LogP contribution is -2.49. The Bertz CT molecular complexity index is 1250. The van der Waals surface area contributed by atoms with Crippen LogP contribution in [-0.4, -0.2) is 51.9 Å². The van der Waals surface area contributed by atoms with Gasteiger partial charge in [-0.3, -0.25) is 4.79 Å². The van der Waals surface area contributed by atoms with E-state index in [1.165, 1.54) is 16.0 Å². The van der Waals surface area contributed by atoms with E-state index in [-0.39, 0.29) is 5.91 Å². The maximum atomic E-state index is 12.6. The van der Waals surface area contributed by atoms with E-state index < -0.39 is 0 Å². The van der Waals surface area contributed by atoms with Crippen molar-refractivity contribution in [2.24, 2.45) is 0 Å². The lowest BCUT2D eigenvalue weighted by Gasteiger charge is -2.35. The van der Waals surface area contributed by atoms with Crippen molar-refractivity contribution in [3.63, 3.8) is 0 Å². The first kappa shape index (κ1) is 18.7. The van der Waals surface area contributed by atoms with Crippen LogP contribution in [0.4, 0.5) is 5.82 Å². The number of hydrogen-bond donors (Lipinski definition) is 0. The van der Waals surface area contributed by atoms with Crippen LogP contribution in [0.5, 0.6) is 0 Å². The summed E-state index contributed by atoms with van der Waals surface area (Å²) in [6.07, 6.45) is 7.27. The third-order valence-electron chi connectivity index (χ3n) is 5.15. The molecule has 3 aromatic heterocycles. The first-order chi connectivity index (χ1) is 14.7. The summed E-state index contributed by atoms with van der Waals surface area (Å²) < 4.78 is 1.18. The molecule has 8 heteroatoms. The van der Waals surface area contributed by atoms with Gasteiger partial charge in [-0.2, -0.15) is 0 Å². The van der Waals surface area contributed by atoms with Gasteiger partial charge >= 0.3 is 0 Å². The van der Waals surface area contributed by atoms with Gasteiger partial charge in [0, 0.05) is 48.9 Å². The lowest BCUT2D eigenvalue weighted by molar-refractivity contribution is 0.0741. The van der Waals surface area contributed by atoms with Crippen molar-refractivity contribution in [3.05, 3.63) is 58.1 Å². The SMILES string of the molecule is C#Cc1nc(C(=O)N2CCN(c3ccc(-c4cccc5ncsc45)cn3)CC2)cs1. The number of rotatable bonds is 3. The minimum absolute atomic E-state index is 0.0617. The van der Waals surface area contributed by atoms with Crippen LogP contribution >= 0.6 is 22.7 Å². The second kappa shape index (κ2) is 7.86. The summed E-state index contributed by atoms with van der Waals surface area (Å²) in [6, 6.07) is 10.3. The van der Waals surface area contributed by atoms with Gasteiger partial charge in [0.2, 0.25) is 0 Å². The molecular formula is C22H17N5OS2. The Balaban J connectivity index is 1.27. The number of nitrogens with zero attached hydrogens (tertiary/aromatic N) is 5. The van der Waals surface area contributed by atoms with Crippen LogP contribution < -0.4 is 4.90 Å². The average Bonchev–Trinajstić information content (AvgIpc) is 3.48. The summed E-state index contributed by atoms with van der Waals surface area (Å²) in [5.74, 6) is 3.34. The van der Waals surface area contributed by atoms with E-state index in [0.29, 0.717) is 23.8 Å². The Morgan fingerprint density at radius 1 is 1.07 bits per heavy atom. The number of amides is 1. The summed E-state index contributed by atoms with van der Waals surface area (Å²) in [6.45, 7) is 2.72. The molecule has 1 saturated heterocycles. The van der Waals surface area contributed by atoms with Crippen molar-refractivity contribution in [1.29, 1.82) is 0 Å². The van der Waals surface area contributed by atoms with Crippen LogP contribution in [0.3, 0.4) is 0 Å². The number of hydrogen-bond acceptors (Lipinski definition) is 7. The largest absolute Gasteiger partial charge is 0.353 e. The van der Waals surface area contributed by atoms with E-state index in [1.807, 2.05) is 34.8 Å². The van der Waals surface area contributed by atoms with Crippen LogP contribution in [0.15, 0.2) is 47.4 Å². The van der Waals surface area contributed by atoms with Gasteiger partial charge in [-0.05, 0) is 24.1 Å². The van der Waals surface area contributed by atoms with Gasteiger partial charge in [0.25, 0.3) is 5.91 Å². The summed E-state index contributed by atoms with van der Waals surface area (Å²) in [5.41, 5.74) is 5.54. The van der Waals surface area contributed by atoms with Gasteiger partial charge in [-0.25, -0.2) is 15.0 Å². The molecular weight excluding hydrogens is 414 g/mol. The highest BCUT2D eigenvalue weighted by Crippen LogP contribution is 2.31.